The Morgan fingerprint density at radius 1 is 0.957 bits per heavy atom. The average Bonchev–Trinajstić information content (AvgIpc) is 2.84. The molecule has 2 saturated heterocycles. The van der Waals surface area contributed by atoms with Crippen LogP contribution in [0.4, 0.5) is 4.79 Å². The normalized spacial score (nSPS) is 22.3. The summed E-state index contributed by atoms with van der Waals surface area (Å²) < 4.78 is 0. The Kier molecular flexibility index (Phi) is 6.67. The van der Waals surface area contributed by atoms with E-state index in [0.29, 0.717) is 32.4 Å². The SMILES string of the molecule is O=C(O)C1CCCN(C(=O)NCCC(=O)N2CCCCCC2)C1. The second-order valence-corrected chi connectivity index (χ2v) is 6.40. The van der Waals surface area contributed by atoms with Gasteiger partial charge in [0, 0.05) is 39.1 Å². The second kappa shape index (κ2) is 8.74. The van der Waals surface area contributed by atoms with Gasteiger partial charge in [0.25, 0.3) is 0 Å². The van der Waals surface area contributed by atoms with Crippen LogP contribution < -0.4 is 5.32 Å². The van der Waals surface area contributed by atoms with Crippen molar-refractivity contribution in [2.75, 3.05) is 32.7 Å². The Labute approximate surface area is 137 Å². The largest absolute Gasteiger partial charge is 0.481 e. The third-order valence-electron chi connectivity index (χ3n) is 4.63. The van der Waals surface area contributed by atoms with Gasteiger partial charge in [-0.1, -0.05) is 12.8 Å². The van der Waals surface area contributed by atoms with E-state index in [4.69, 9.17) is 5.11 Å². The zero-order valence-corrected chi connectivity index (χ0v) is 13.6. The summed E-state index contributed by atoms with van der Waals surface area (Å²) in [4.78, 5) is 38.7. The van der Waals surface area contributed by atoms with Crippen molar-refractivity contribution in [1.29, 1.82) is 0 Å². The van der Waals surface area contributed by atoms with Crippen molar-refractivity contribution in [3.63, 3.8) is 0 Å². The number of amides is 3. The predicted octanol–water partition coefficient (Wildman–Crippen LogP) is 1.29. The molecule has 0 saturated carbocycles. The van der Waals surface area contributed by atoms with Crippen LogP contribution in [0.1, 0.15) is 44.9 Å². The van der Waals surface area contributed by atoms with Gasteiger partial charge in [-0.15, -0.1) is 0 Å². The van der Waals surface area contributed by atoms with E-state index in [1.807, 2.05) is 4.90 Å². The van der Waals surface area contributed by atoms with Crippen LogP contribution in [0.5, 0.6) is 0 Å². The molecule has 2 heterocycles. The fraction of sp³-hybridized carbons (Fsp3) is 0.812. The van der Waals surface area contributed by atoms with Crippen LogP contribution in [0.25, 0.3) is 0 Å². The van der Waals surface area contributed by atoms with E-state index in [9.17, 15) is 14.4 Å². The van der Waals surface area contributed by atoms with E-state index in [-0.39, 0.29) is 18.5 Å². The fourth-order valence-corrected chi connectivity index (χ4v) is 3.23. The molecule has 0 bridgehead atoms. The Balaban J connectivity index is 1.69. The molecule has 1 unspecified atom stereocenters. The Morgan fingerprint density at radius 2 is 1.61 bits per heavy atom. The van der Waals surface area contributed by atoms with E-state index in [1.165, 1.54) is 12.8 Å². The van der Waals surface area contributed by atoms with Crippen molar-refractivity contribution in [1.82, 2.24) is 15.1 Å². The van der Waals surface area contributed by atoms with Crippen LogP contribution in [0, 0.1) is 5.92 Å². The number of carbonyl (C=O) groups excluding carboxylic acids is 2. The monoisotopic (exact) mass is 325 g/mol. The lowest BCUT2D eigenvalue weighted by molar-refractivity contribution is -0.143. The number of carbonyl (C=O) groups is 3. The van der Waals surface area contributed by atoms with E-state index in [1.54, 1.807) is 4.90 Å². The Hall–Kier alpha value is -1.79. The molecule has 7 heteroatoms. The number of piperidine rings is 1. The maximum absolute atomic E-state index is 12.1. The van der Waals surface area contributed by atoms with Gasteiger partial charge in [-0.25, -0.2) is 4.79 Å². The van der Waals surface area contributed by atoms with Crippen molar-refractivity contribution >= 4 is 17.9 Å². The second-order valence-electron chi connectivity index (χ2n) is 6.40. The van der Waals surface area contributed by atoms with Crippen LogP contribution in [0.2, 0.25) is 0 Å². The lowest BCUT2D eigenvalue weighted by atomic mass is 9.99. The highest BCUT2D eigenvalue weighted by Crippen LogP contribution is 2.16. The van der Waals surface area contributed by atoms with E-state index < -0.39 is 11.9 Å². The third kappa shape index (κ3) is 5.41. The number of urea groups is 1. The molecule has 2 N–H and O–H groups in total. The molecular formula is C16H27N3O4. The van der Waals surface area contributed by atoms with Gasteiger partial charge in [0.2, 0.25) is 5.91 Å². The summed E-state index contributed by atoms with van der Waals surface area (Å²) >= 11 is 0. The molecule has 130 valence electrons. The summed E-state index contributed by atoms with van der Waals surface area (Å²) in [6, 6.07) is -0.264. The van der Waals surface area contributed by atoms with Crippen LogP contribution in [0.3, 0.4) is 0 Å². The molecular weight excluding hydrogens is 298 g/mol. The standard InChI is InChI=1S/C16H27N3O4/c20-14(18-9-3-1-2-4-10-18)7-8-17-16(23)19-11-5-6-13(12-19)15(21)22/h13H,1-12H2,(H,17,23)(H,21,22). The minimum Gasteiger partial charge on any atom is -0.481 e. The number of aliphatic carboxylic acids is 1. The topological polar surface area (TPSA) is 90.0 Å². The van der Waals surface area contributed by atoms with Crippen molar-refractivity contribution < 1.29 is 19.5 Å². The summed E-state index contributed by atoms with van der Waals surface area (Å²) in [5.41, 5.74) is 0. The number of likely N-dealkylation sites (tertiary alicyclic amines) is 2. The molecule has 0 aromatic carbocycles. The van der Waals surface area contributed by atoms with Crippen molar-refractivity contribution in [2.45, 2.75) is 44.9 Å². The lowest BCUT2D eigenvalue weighted by Gasteiger charge is -2.30. The number of nitrogens with zero attached hydrogens (tertiary/aromatic N) is 2. The number of hydrogen-bond acceptors (Lipinski definition) is 3. The van der Waals surface area contributed by atoms with E-state index in [0.717, 1.165) is 25.9 Å². The molecule has 1 atom stereocenters. The van der Waals surface area contributed by atoms with Gasteiger partial charge in [0.15, 0.2) is 0 Å². The minimum absolute atomic E-state index is 0.0919. The maximum atomic E-state index is 12.1. The number of carboxylic acids is 1. The molecule has 2 rings (SSSR count). The molecule has 23 heavy (non-hydrogen) atoms. The van der Waals surface area contributed by atoms with E-state index in [2.05, 4.69) is 5.32 Å². The highest BCUT2D eigenvalue weighted by molar-refractivity contribution is 5.79. The molecule has 0 aromatic heterocycles. The Morgan fingerprint density at radius 3 is 2.26 bits per heavy atom. The van der Waals surface area contributed by atoms with Gasteiger partial charge in [-0.3, -0.25) is 9.59 Å². The molecule has 2 aliphatic heterocycles. The van der Waals surface area contributed by atoms with Gasteiger partial charge < -0.3 is 20.2 Å². The third-order valence-corrected chi connectivity index (χ3v) is 4.63. The van der Waals surface area contributed by atoms with Gasteiger partial charge in [-0.2, -0.15) is 0 Å². The molecule has 7 nitrogen and oxygen atoms in total. The van der Waals surface area contributed by atoms with Crippen molar-refractivity contribution in [2.24, 2.45) is 5.92 Å². The van der Waals surface area contributed by atoms with Crippen LogP contribution >= 0.6 is 0 Å². The Bertz CT molecular complexity index is 433. The molecule has 2 aliphatic rings. The maximum Gasteiger partial charge on any atom is 0.317 e. The minimum atomic E-state index is -0.848. The fourth-order valence-electron chi connectivity index (χ4n) is 3.23. The average molecular weight is 325 g/mol. The molecule has 3 amide bonds. The summed E-state index contributed by atoms with van der Waals surface area (Å²) in [5, 5.41) is 11.8. The van der Waals surface area contributed by atoms with Gasteiger partial charge in [0.05, 0.1) is 5.92 Å². The zero-order chi connectivity index (χ0) is 16.7. The summed E-state index contributed by atoms with van der Waals surface area (Å²) in [7, 11) is 0. The number of rotatable bonds is 4. The summed E-state index contributed by atoms with van der Waals surface area (Å²) in [6.07, 6.45) is 6.11. The van der Waals surface area contributed by atoms with Crippen LogP contribution in [-0.2, 0) is 9.59 Å². The number of hydrogen-bond donors (Lipinski definition) is 2. The molecule has 2 fully saturated rings. The van der Waals surface area contributed by atoms with Gasteiger partial charge in [-0.05, 0) is 25.7 Å². The highest BCUT2D eigenvalue weighted by Gasteiger charge is 2.28. The summed E-state index contributed by atoms with van der Waals surface area (Å²) in [6.45, 7) is 2.78. The van der Waals surface area contributed by atoms with Crippen molar-refractivity contribution in [3.05, 3.63) is 0 Å². The number of nitrogens with one attached hydrogen (secondary N) is 1. The number of carboxylic acid groups (broad SMARTS) is 1. The van der Waals surface area contributed by atoms with Crippen LogP contribution in [-0.4, -0.2) is 65.5 Å². The smallest absolute Gasteiger partial charge is 0.317 e. The molecule has 0 spiro atoms. The lowest BCUT2D eigenvalue weighted by Crippen LogP contribution is -2.47. The van der Waals surface area contributed by atoms with Gasteiger partial charge >= 0.3 is 12.0 Å². The first kappa shape index (κ1) is 17.6. The quantitative estimate of drug-likeness (QED) is 0.815. The first-order valence-electron chi connectivity index (χ1n) is 8.61. The predicted molar refractivity (Wildman–Crippen MR) is 85.0 cm³/mol. The van der Waals surface area contributed by atoms with Crippen LogP contribution in [0.15, 0.2) is 0 Å². The molecule has 0 aromatic rings. The van der Waals surface area contributed by atoms with Crippen molar-refractivity contribution in [3.8, 4) is 0 Å². The first-order valence-corrected chi connectivity index (χ1v) is 8.61. The molecule has 0 aliphatic carbocycles. The molecule has 0 radical (unpaired) electrons. The zero-order valence-electron chi connectivity index (χ0n) is 13.6. The van der Waals surface area contributed by atoms with E-state index >= 15 is 0 Å². The first-order chi connectivity index (χ1) is 11.1. The highest BCUT2D eigenvalue weighted by atomic mass is 16.4. The summed E-state index contributed by atoms with van der Waals surface area (Å²) in [5.74, 6) is -1.23. The van der Waals surface area contributed by atoms with Gasteiger partial charge in [0.1, 0.15) is 0 Å².